The molecule has 2 aromatic rings. The van der Waals surface area contributed by atoms with Crippen LogP contribution in [0.4, 0.5) is 8.78 Å². The van der Waals surface area contributed by atoms with Crippen LogP contribution in [0.25, 0.3) is 0 Å². The Bertz CT molecular complexity index is 733. The highest BCUT2D eigenvalue weighted by atomic mass is 19.1. The fourth-order valence-electron chi connectivity index (χ4n) is 3.09. The van der Waals surface area contributed by atoms with E-state index in [1.165, 1.54) is 12.1 Å². The van der Waals surface area contributed by atoms with E-state index in [1.807, 2.05) is 0 Å². The van der Waals surface area contributed by atoms with E-state index in [9.17, 15) is 13.6 Å². The number of carbonyl (C=O) groups excluding carboxylic acids is 1. The lowest BCUT2D eigenvalue weighted by molar-refractivity contribution is 0.0858. The average Bonchev–Trinajstić information content (AvgIpc) is 3.05. The van der Waals surface area contributed by atoms with Crippen LogP contribution in [0, 0.1) is 11.6 Å². The van der Waals surface area contributed by atoms with Gasteiger partial charge in [-0.3, -0.25) is 4.79 Å². The van der Waals surface area contributed by atoms with Crippen molar-refractivity contribution in [2.24, 2.45) is 0 Å². The van der Waals surface area contributed by atoms with E-state index in [2.05, 4.69) is 5.32 Å². The maximum atomic E-state index is 13.2. The number of ether oxygens (including phenoxy) is 2. The van der Waals surface area contributed by atoms with Crippen LogP contribution in [0.2, 0.25) is 0 Å². The van der Waals surface area contributed by atoms with Crippen molar-refractivity contribution in [1.29, 1.82) is 0 Å². The van der Waals surface area contributed by atoms with Gasteiger partial charge in [-0.2, -0.15) is 0 Å². The summed E-state index contributed by atoms with van der Waals surface area (Å²) in [7, 11) is 1.56. The first-order chi connectivity index (χ1) is 12.5. The molecular weight excluding hydrogens is 344 g/mol. The van der Waals surface area contributed by atoms with Gasteiger partial charge in [-0.15, -0.1) is 0 Å². The second-order valence-electron chi connectivity index (χ2n) is 6.37. The smallest absolute Gasteiger partial charge is 0.287 e. The number of rotatable bonds is 6. The molecule has 1 fully saturated rings. The van der Waals surface area contributed by atoms with E-state index in [0.717, 1.165) is 18.9 Å². The molecule has 140 valence electrons. The number of halogens is 2. The highest BCUT2D eigenvalue weighted by Crippen LogP contribution is 2.25. The summed E-state index contributed by atoms with van der Waals surface area (Å²) in [4.78, 5) is 12.2. The summed E-state index contributed by atoms with van der Waals surface area (Å²) in [5.74, 6) is -0.539. The Morgan fingerprint density at radius 1 is 1.15 bits per heavy atom. The molecule has 0 radical (unpaired) electrons. The maximum absolute atomic E-state index is 13.2. The third kappa shape index (κ3) is 4.82. The molecule has 5 nitrogen and oxygen atoms in total. The van der Waals surface area contributed by atoms with Crippen molar-refractivity contribution in [2.75, 3.05) is 7.11 Å². The third-order valence-electron chi connectivity index (χ3n) is 4.32. The SMILES string of the molecule is COCc1ccc(C(=O)NC2CCC(Oc3cc(F)cc(F)c3)CC2)o1. The lowest BCUT2D eigenvalue weighted by Crippen LogP contribution is -2.39. The maximum Gasteiger partial charge on any atom is 0.287 e. The second kappa shape index (κ2) is 8.31. The molecule has 0 bridgehead atoms. The van der Waals surface area contributed by atoms with Gasteiger partial charge in [0, 0.05) is 31.4 Å². The van der Waals surface area contributed by atoms with Gasteiger partial charge in [-0.1, -0.05) is 0 Å². The Kier molecular flexibility index (Phi) is 5.88. The van der Waals surface area contributed by atoms with Crippen molar-refractivity contribution in [3.8, 4) is 5.75 Å². The monoisotopic (exact) mass is 365 g/mol. The van der Waals surface area contributed by atoms with Crippen LogP contribution in [0.15, 0.2) is 34.7 Å². The number of carbonyl (C=O) groups is 1. The first-order valence-corrected chi connectivity index (χ1v) is 8.55. The van der Waals surface area contributed by atoms with Crippen molar-refractivity contribution in [3.05, 3.63) is 53.5 Å². The molecule has 1 amide bonds. The minimum absolute atomic E-state index is 0.0163. The van der Waals surface area contributed by atoms with Gasteiger partial charge in [0.25, 0.3) is 5.91 Å². The van der Waals surface area contributed by atoms with Gasteiger partial charge in [-0.05, 0) is 37.8 Å². The topological polar surface area (TPSA) is 60.7 Å². The van der Waals surface area contributed by atoms with Crippen LogP contribution in [-0.2, 0) is 11.3 Å². The van der Waals surface area contributed by atoms with E-state index in [-0.39, 0.29) is 29.6 Å². The molecule has 0 spiro atoms. The molecule has 0 saturated heterocycles. The van der Waals surface area contributed by atoms with Gasteiger partial charge in [0.15, 0.2) is 5.76 Å². The zero-order valence-electron chi connectivity index (χ0n) is 14.5. The zero-order chi connectivity index (χ0) is 18.5. The van der Waals surface area contributed by atoms with E-state index in [1.54, 1.807) is 19.2 Å². The average molecular weight is 365 g/mol. The molecule has 1 aromatic heterocycles. The molecule has 0 unspecified atom stereocenters. The van der Waals surface area contributed by atoms with Crippen LogP contribution in [0.3, 0.4) is 0 Å². The number of hydrogen-bond donors (Lipinski definition) is 1. The molecule has 1 heterocycles. The van der Waals surface area contributed by atoms with Crippen LogP contribution in [0.5, 0.6) is 5.75 Å². The molecule has 26 heavy (non-hydrogen) atoms. The van der Waals surface area contributed by atoms with Crippen molar-refractivity contribution >= 4 is 5.91 Å². The zero-order valence-corrected chi connectivity index (χ0v) is 14.5. The van der Waals surface area contributed by atoms with E-state index >= 15 is 0 Å². The molecule has 1 aromatic carbocycles. The largest absolute Gasteiger partial charge is 0.490 e. The molecule has 0 atom stereocenters. The molecule has 7 heteroatoms. The Morgan fingerprint density at radius 3 is 2.50 bits per heavy atom. The second-order valence-corrected chi connectivity index (χ2v) is 6.37. The van der Waals surface area contributed by atoms with Gasteiger partial charge >= 0.3 is 0 Å². The predicted molar refractivity (Wildman–Crippen MR) is 89.9 cm³/mol. The van der Waals surface area contributed by atoms with Gasteiger partial charge in [0.1, 0.15) is 29.8 Å². The fraction of sp³-hybridized carbons (Fsp3) is 0.421. The predicted octanol–water partition coefficient (Wildman–Crippen LogP) is 3.82. The molecular formula is C19H21F2NO4. The Balaban J connectivity index is 1.47. The van der Waals surface area contributed by atoms with E-state index in [0.29, 0.717) is 25.2 Å². The van der Waals surface area contributed by atoms with E-state index < -0.39 is 11.6 Å². The van der Waals surface area contributed by atoms with Crippen LogP contribution in [0.1, 0.15) is 42.0 Å². The van der Waals surface area contributed by atoms with Crippen molar-refractivity contribution < 1.29 is 27.5 Å². The molecule has 1 aliphatic rings. The number of nitrogens with one attached hydrogen (secondary N) is 1. The van der Waals surface area contributed by atoms with Crippen LogP contribution in [-0.4, -0.2) is 25.2 Å². The number of hydrogen-bond acceptors (Lipinski definition) is 4. The first-order valence-electron chi connectivity index (χ1n) is 8.55. The number of furan rings is 1. The molecule has 1 N–H and O–H groups in total. The quantitative estimate of drug-likeness (QED) is 0.845. The number of methoxy groups -OCH3 is 1. The summed E-state index contributed by atoms with van der Waals surface area (Å²) in [6.07, 6.45) is 2.70. The highest BCUT2D eigenvalue weighted by molar-refractivity contribution is 5.91. The summed E-state index contributed by atoms with van der Waals surface area (Å²) in [5, 5.41) is 2.94. The van der Waals surface area contributed by atoms with Gasteiger partial charge in [-0.25, -0.2) is 8.78 Å². The Hall–Kier alpha value is -2.41. The minimum Gasteiger partial charge on any atom is -0.490 e. The first kappa shape index (κ1) is 18.4. The third-order valence-corrected chi connectivity index (χ3v) is 4.32. The normalized spacial score (nSPS) is 20.0. The lowest BCUT2D eigenvalue weighted by atomic mass is 9.93. The molecule has 1 saturated carbocycles. The molecule has 1 aliphatic carbocycles. The minimum atomic E-state index is -0.660. The number of benzene rings is 1. The summed E-state index contributed by atoms with van der Waals surface area (Å²) in [5.41, 5.74) is 0. The van der Waals surface area contributed by atoms with Crippen LogP contribution < -0.4 is 10.1 Å². The standard InChI is InChI=1S/C19H21F2NO4/c1-24-11-16-6-7-18(26-16)19(23)22-14-2-4-15(5-3-14)25-17-9-12(20)8-13(21)10-17/h6-10,14-15H,2-5,11H2,1H3,(H,22,23). The van der Waals surface area contributed by atoms with Crippen molar-refractivity contribution in [2.45, 2.75) is 44.4 Å². The highest BCUT2D eigenvalue weighted by Gasteiger charge is 2.25. The number of amides is 1. The fourth-order valence-corrected chi connectivity index (χ4v) is 3.09. The van der Waals surface area contributed by atoms with Gasteiger partial charge in [0.05, 0.1) is 6.10 Å². The summed E-state index contributed by atoms with van der Waals surface area (Å²) >= 11 is 0. The Labute approximate surface area is 150 Å². The van der Waals surface area contributed by atoms with Crippen molar-refractivity contribution in [3.63, 3.8) is 0 Å². The Morgan fingerprint density at radius 2 is 1.85 bits per heavy atom. The molecule has 0 aliphatic heterocycles. The molecule has 3 rings (SSSR count). The van der Waals surface area contributed by atoms with E-state index in [4.69, 9.17) is 13.9 Å². The summed E-state index contributed by atoms with van der Waals surface area (Å²) in [6.45, 7) is 0.316. The van der Waals surface area contributed by atoms with Gasteiger partial charge in [0.2, 0.25) is 0 Å². The van der Waals surface area contributed by atoms with Crippen LogP contribution >= 0.6 is 0 Å². The summed E-state index contributed by atoms with van der Waals surface area (Å²) < 4.78 is 42.5. The van der Waals surface area contributed by atoms with Crippen molar-refractivity contribution in [1.82, 2.24) is 5.32 Å². The summed E-state index contributed by atoms with van der Waals surface area (Å²) in [6, 6.07) is 6.50. The lowest BCUT2D eigenvalue weighted by Gasteiger charge is -2.29. The van der Waals surface area contributed by atoms with Gasteiger partial charge < -0.3 is 19.2 Å².